The number of pyridine rings is 1. The fourth-order valence-corrected chi connectivity index (χ4v) is 4.83. The molecule has 2 fully saturated rings. The van der Waals surface area contributed by atoms with Gasteiger partial charge in [0.25, 0.3) is 5.91 Å². The summed E-state index contributed by atoms with van der Waals surface area (Å²) in [4.78, 5) is 47.2. The van der Waals surface area contributed by atoms with E-state index in [0.29, 0.717) is 50.2 Å². The highest BCUT2D eigenvalue weighted by molar-refractivity contribution is 5.98. The molecule has 1 atom stereocenters. The maximum absolute atomic E-state index is 13.8. The number of piperidine rings is 1. The fraction of sp³-hybridized carbons (Fsp3) is 0.481. The molecular formula is C27H34N4O5. The average molecular weight is 495 g/mol. The third-order valence-electron chi connectivity index (χ3n) is 6.79. The zero-order valence-electron chi connectivity index (χ0n) is 21.1. The number of ether oxygens (including phenoxy) is 2. The van der Waals surface area contributed by atoms with Crippen molar-refractivity contribution in [3.8, 4) is 5.75 Å². The molecule has 36 heavy (non-hydrogen) atoms. The van der Waals surface area contributed by atoms with Gasteiger partial charge in [-0.05, 0) is 41.8 Å². The van der Waals surface area contributed by atoms with Crippen LogP contribution in [0.3, 0.4) is 0 Å². The average Bonchev–Trinajstić information content (AvgIpc) is 3.26. The minimum atomic E-state index is -0.943. The largest absolute Gasteiger partial charge is 0.497 e. The number of methoxy groups -OCH3 is 1. The number of hydrogen-bond acceptors (Lipinski definition) is 6. The molecule has 0 aliphatic carbocycles. The fourth-order valence-electron chi connectivity index (χ4n) is 4.83. The number of carbonyl (C=O) groups excluding carboxylic acids is 3. The van der Waals surface area contributed by atoms with Crippen LogP contribution in [0, 0.1) is 5.92 Å². The molecule has 3 heterocycles. The van der Waals surface area contributed by atoms with Crippen LogP contribution in [-0.2, 0) is 20.9 Å². The van der Waals surface area contributed by atoms with E-state index in [1.165, 1.54) is 0 Å². The van der Waals surface area contributed by atoms with Gasteiger partial charge in [0, 0.05) is 56.9 Å². The number of hydrogen-bond donors (Lipinski definition) is 1. The van der Waals surface area contributed by atoms with E-state index in [4.69, 9.17) is 9.47 Å². The van der Waals surface area contributed by atoms with Gasteiger partial charge in [-0.25, -0.2) is 0 Å². The lowest BCUT2D eigenvalue weighted by atomic mass is 9.96. The number of amides is 3. The van der Waals surface area contributed by atoms with Crippen molar-refractivity contribution < 1.29 is 23.9 Å². The zero-order chi connectivity index (χ0) is 25.7. The molecule has 1 aromatic carbocycles. The molecule has 4 rings (SSSR count). The summed E-state index contributed by atoms with van der Waals surface area (Å²) < 4.78 is 11.5. The van der Waals surface area contributed by atoms with Gasteiger partial charge in [0.2, 0.25) is 11.8 Å². The molecule has 0 saturated carbocycles. The number of aromatic nitrogens is 1. The summed E-state index contributed by atoms with van der Waals surface area (Å²) in [5, 5.41) is 2.93. The number of nitrogens with zero attached hydrogens (tertiary/aromatic N) is 3. The van der Waals surface area contributed by atoms with Crippen LogP contribution in [-0.4, -0.2) is 71.1 Å². The normalized spacial score (nSPS) is 18.9. The minimum absolute atomic E-state index is 0.0979. The molecule has 9 heteroatoms. The van der Waals surface area contributed by atoms with Crippen LogP contribution in [0.4, 0.5) is 0 Å². The standard InChI is InChI=1S/C27H34N4O5/c1-19(2)15-24(32)30-13-10-27(11-14-30)31(26(34)21-6-8-22(35-3)9-7-21)23(18-36-27)25(33)29-17-20-5-4-12-28-16-20/h4-9,12,16,19,23H,10-11,13-15,17-18H2,1-3H3,(H,29,33)/t23-/m1/s1. The summed E-state index contributed by atoms with van der Waals surface area (Å²) >= 11 is 0. The van der Waals surface area contributed by atoms with Gasteiger partial charge in [0.15, 0.2) is 0 Å². The van der Waals surface area contributed by atoms with Gasteiger partial charge in [-0.15, -0.1) is 0 Å². The predicted octanol–water partition coefficient (Wildman–Crippen LogP) is 2.61. The maximum atomic E-state index is 13.8. The second-order valence-electron chi connectivity index (χ2n) is 9.73. The molecule has 2 aliphatic rings. The third-order valence-corrected chi connectivity index (χ3v) is 6.79. The van der Waals surface area contributed by atoms with Crippen molar-refractivity contribution >= 4 is 17.7 Å². The zero-order valence-corrected chi connectivity index (χ0v) is 21.1. The van der Waals surface area contributed by atoms with Crippen molar-refractivity contribution in [2.24, 2.45) is 5.92 Å². The van der Waals surface area contributed by atoms with Crippen molar-refractivity contribution in [3.63, 3.8) is 0 Å². The second kappa shape index (κ2) is 11.1. The Morgan fingerprint density at radius 3 is 2.50 bits per heavy atom. The van der Waals surface area contributed by atoms with E-state index in [1.54, 1.807) is 48.7 Å². The number of rotatable bonds is 7. The van der Waals surface area contributed by atoms with Crippen molar-refractivity contribution in [1.82, 2.24) is 20.1 Å². The summed E-state index contributed by atoms with van der Waals surface area (Å²) in [6, 6.07) is 9.74. The molecule has 192 valence electrons. The molecular weight excluding hydrogens is 460 g/mol. The monoisotopic (exact) mass is 494 g/mol. The first-order chi connectivity index (χ1) is 17.3. The van der Waals surface area contributed by atoms with Crippen LogP contribution in [0.25, 0.3) is 0 Å². The van der Waals surface area contributed by atoms with Gasteiger partial charge in [-0.3, -0.25) is 24.3 Å². The molecule has 1 N–H and O–H groups in total. The number of nitrogens with one attached hydrogen (secondary N) is 1. The Hall–Kier alpha value is -3.46. The summed E-state index contributed by atoms with van der Waals surface area (Å²) in [5.41, 5.74) is 0.371. The number of benzene rings is 1. The van der Waals surface area contributed by atoms with Crippen molar-refractivity contribution in [2.75, 3.05) is 26.8 Å². The number of carbonyl (C=O) groups is 3. The first-order valence-electron chi connectivity index (χ1n) is 12.4. The van der Waals surface area contributed by atoms with Gasteiger partial charge in [-0.2, -0.15) is 0 Å². The summed E-state index contributed by atoms with van der Waals surface area (Å²) in [6.07, 6.45) is 4.75. The Kier molecular flexibility index (Phi) is 7.88. The van der Waals surface area contributed by atoms with Crippen molar-refractivity contribution in [2.45, 2.75) is 51.4 Å². The first-order valence-corrected chi connectivity index (χ1v) is 12.4. The summed E-state index contributed by atoms with van der Waals surface area (Å²) in [6.45, 7) is 5.39. The number of likely N-dealkylation sites (tertiary alicyclic amines) is 1. The van der Waals surface area contributed by atoms with Crippen LogP contribution in [0.1, 0.15) is 49.0 Å². The molecule has 0 unspecified atom stereocenters. The minimum Gasteiger partial charge on any atom is -0.497 e. The van der Waals surface area contributed by atoms with Crippen LogP contribution >= 0.6 is 0 Å². The second-order valence-corrected chi connectivity index (χ2v) is 9.73. The van der Waals surface area contributed by atoms with Crippen molar-refractivity contribution in [3.05, 3.63) is 59.9 Å². The Bertz CT molecular complexity index is 1070. The molecule has 0 bridgehead atoms. The smallest absolute Gasteiger partial charge is 0.256 e. The Morgan fingerprint density at radius 2 is 1.89 bits per heavy atom. The Balaban J connectivity index is 1.55. The lowest BCUT2D eigenvalue weighted by Gasteiger charge is -2.44. The van der Waals surface area contributed by atoms with Gasteiger partial charge in [0.1, 0.15) is 17.5 Å². The maximum Gasteiger partial charge on any atom is 0.256 e. The Labute approximate surface area is 211 Å². The van der Waals surface area contributed by atoms with Crippen LogP contribution in [0.2, 0.25) is 0 Å². The predicted molar refractivity (Wildman–Crippen MR) is 133 cm³/mol. The lowest BCUT2D eigenvalue weighted by molar-refractivity contribution is -0.144. The molecule has 2 aliphatic heterocycles. The summed E-state index contributed by atoms with van der Waals surface area (Å²) in [5.74, 6) is 0.463. The van der Waals surface area contributed by atoms with Crippen LogP contribution in [0.5, 0.6) is 5.75 Å². The highest BCUT2D eigenvalue weighted by atomic mass is 16.5. The highest BCUT2D eigenvalue weighted by Gasteiger charge is 2.54. The SMILES string of the molecule is COc1ccc(C(=O)N2[C@@H](C(=O)NCc3cccnc3)COC23CCN(C(=O)CC(C)C)CC3)cc1. The first kappa shape index (κ1) is 25.6. The molecule has 9 nitrogen and oxygen atoms in total. The highest BCUT2D eigenvalue weighted by Crippen LogP contribution is 2.39. The van der Waals surface area contributed by atoms with E-state index in [1.807, 2.05) is 30.9 Å². The van der Waals surface area contributed by atoms with E-state index < -0.39 is 11.8 Å². The topological polar surface area (TPSA) is 101 Å². The molecule has 2 saturated heterocycles. The molecule has 1 aromatic heterocycles. The van der Waals surface area contributed by atoms with Crippen LogP contribution in [0.15, 0.2) is 48.8 Å². The summed E-state index contributed by atoms with van der Waals surface area (Å²) in [7, 11) is 1.57. The molecule has 2 aromatic rings. The molecule has 0 radical (unpaired) electrons. The van der Waals surface area contributed by atoms with Gasteiger partial charge in [0.05, 0.1) is 13.7 Å². The van der Waals surface area contributed by atoms with Crippen molar-refractivity contribution in [1.29, 1.82) is 0 Å². The van der Waals surface area contributed by atoms with E-state index in [-0.39, 0.29) is 30.2 Å². The molecule has 3 amide bonds. The Morgan fingerprint density at radius 1 is 1.17 bits per heavy atom. The van der Waals surface area contributed by atoms with E-state index in [0.717, 1.165) is 5.56 Å². The van der Waals surface area contributed by atoms with Crippen LogP contribution < -0.4 is 10.1 Å². The van der Waals surface area contributed by atoms with Gasteiger partial charge >= 0.3 is 0 Å². The van der Waals surface area contributed by atoms with E-state index in [2.05, 4.69) is 10.3 Å². The van der Waals surface area contributed by atoms with Gasteiger partial charge < -0.3 is 19.7 Å². The van der Waals surface area contributed by atoms with Gasteiger partial charge in [-0.1, -0.05) is 19.9 Å². The molecule has 1 spiro atoms. The van der Waals surface area contributed by atoms with E-state index in [9.17, 15) is 14.4 Å². The third kappa shape index (κ3) is 5.51. The quantitative estimate of drug-likeness (QED) is 0.635. The lowest BCUT2D eigenvalue weighted by Crippen LogP contribution is -2.59. The van der Waals surface area contributed by atoms with E-state index >= 15 is 0 Å².